The summed E-state index contributed by atoms with van der Waals surface area (Å²) in [6.45, 7) is 3.83. The molecule has 41 heavy (non-hydrogen) atoms. The number of ether oxygens (including phenoxy) is 1. The Bertz CT molecular complexity index is 1410. The van der Waals surface area contributed by atoms with Gasteiger partial charge in [-0.1, -0.05) is 66.5 Å². The summed E-state index contributed by atoms with van der Waals surface area (Å²) in [6.07, 6.45) is 2.05. The first-order chi connectivity index (χ1) is 19.7. The molecule has 0 aromatic heterocycles. The predicted octanol–water partition coefficient (Wildman–Crippen LogP) is 7.28. The second-order valence-corrected chi connectivity index (χ2v) is 11.7. The Morgan fingerprint density at radius 1 is 1.05 bits per heavy atom. The minimum absolute atomic E-state index is 0.0761. The van der Waals surface area contributed by atoms with Crippen molar-refractivity contribution in [3.05, 3.63) is 99.3 Å². The van der Waals surface area contributed by atoms with Gasteiger partial charge in [-0.2, -0.15) is 0 Å². The molecule has 5 rings (SSSR count). The third-order valence-corrected chi connectivity index (χ3v) is 9.18. The van der Waals surface area contributed by atoms with Crippen LogP contribution in [0.1, 0.15) is 55.2 Å². The van der Waals surface area contributed by atoms with Gasteiger partial charge in [-0.3, -0.25) is 9.69 Å². The van der Waals surface area contributed by atoms with E-state index in [9.17, 15) is 14.0 Å². The van der Waals surface area contributed by atoms with Crippen LogP contribution in [0, 0.1) is 5.82 Å². The lowest BCUT2D eigenvalue weighted by Crippen LogP contribution is -2.52. The molecule has 1 spiro atoms. The van der Waals surface area contributed by atoms with Gasteiger partial charge in [0.15, 0.2) is 0 Å². The lowest BCUT2D eigenvalue weighted by molar-refractivity contribution is -0.123. The van der Waals surface area contributed by atoms with Crippen molar-refractivity contribution in [3.8, 4) is 0 Å². The van der Waals surface area contributed by atoms with Gasteiger partial charge in [0, 0.05) is 51.1 Å². The summed E-state index contributed by atoms with van der Waals surface area (Å²) >= 11 is 12.6. The third kappa shape index (κ3) is 6.22. The number of carbonyl (C=O) groups is 2. The molecule has 3 aromatic carbocycles. The van der Waals surface area contributed by atoms with E-state index in [0.717, 1.165) is 17.5 Å². The number of nitrogens with one attached hydrogen (secondary N) is 1. The number of amides is 2. The van der Waals surface area contributed by atoms with Crippen LogP contribution in [0.3, 0.4) is 0 Å². The van der Waals surface area contributed by atoms with E-state index < -0.39 is 17.6 Å². The Morgan fingerprint density at radius 2 is 1.78 bits per heavy atom. The van der Waals surface area contributed by atoms with E-state index in [2.05, 4.69) is 17.1 Å². The van der Waals surface area contributed by atoms with Gasteiger partial charge in [0.25, 0.3) is 0 Å². The molecule has 2 unspecified atom stereocenters. The van der Waals surface area contributed by atoms with Gasteiger partial charge < -0.3 is 15.0 Å². The van der Waals surface area contributed by atoms with Crippen LogP contribution >= 0.6 is 23.2 Å². The number of rotatable bonds is 8. The van der Waals surface area contributed by atoms with Crippen LogP contribution in [-0.2, 0) is 21.7 Å². The lowest BCUT2D eigenvalue weighted by Gasteiger charge is -2.47. The quantitative estimate of drug-likeness (QED) is 0.296. The number of hydrogen-bond acceptors (Lipinski definition) is 4. The van der Waals surface area contributed by atoms with Crippen LogP contribution in [0.4, 0.5) is 14.9 Å². The van der Waals surface area contributed by atoms with Crippen molar-refractivity contribution in [2.75, 3.05) is 25.0 Å². The van der Waals surface area contributed by atoms with Gasteiger partial charge in [0.1, 0.15) is 11.4 Å². The Labute approximate surface area is 250 Å². The van der Waals surface area contributed by atoms with Crippen LogP contribution in [-0.4, -0.2) is 43.1 Å². The van der Waals surface area contributed by atoms with E-state index in [1.165, 1.54) is 17.0 Å². The smallest absolute Gasteiger partial charge is 0.414 e. The van der Waals surface area contributed by atoms with Crippen molar-refractivity contribution in [1.82, 2.24) is 10.2 Å². The summed E-state index contributed by atoms with van der Waals surface area (Å²) in [5.74, 6) is -0.868. The first-order valence-electron chi connectivity index (χ1n) is 14.0. The van der Waals surface area contributed by atoms with Crippen molar-refractivity contribution in [2.45, 2.75) is 56.7 Å². The van der Waals surface area contributed by atoms with Crippen molar-refractivity contribution < 1.29 is 18.7 Å². The van der Waals surface area contributed by atoms with Gasteiger partial charge in [-0.15, -0.1) is 0 Å². The van der Waals surface area contributed by atoms with Gasteiger partial charge in [-0.05, 0) is 54.3 Å². The Balaban J connectivity index is 1.34. The first kappa shape index (κ1) is 29.4. The van der Waals surface area contributed by atoms with E-state index in [1.54, 1.807) is 25.2 Å². The summed E-state index contributed by atoms with van der Waals surface area (Å²) in [5, 5.41) is 3.96. The average molecular weight is 599 g/mol. The molecule has 9 heteroatoms. The fraction of sp³-hybridized carbons (Fsp3) is 0.375. The van der Waals surface area contributed by atoms with Crippen LogP contribution in [0.15, 0.2) is 66.7 Å². The molecule has 2 aliphatic rings. The Hall–Kier alpha value is -3.13. The molecule has 1 N–H and O–H groups in total. The second kappa shape index (κ2) is 12.4. The number of nitrogens with zero attached hydrogens (tertiary/aromatic N) is 2. The number of hydrogen-bond donors (Lipinski definition) is 1. The standard InChI is InChI=1S/C32H34Cl2FN3O3/c1-3-24(38-15-13-32(14-16-38)26-18-23(35)10-12-29(26)37(2)31(40)41-32)19-25(22-9-11-27(33)28(34)17-22)30(39)36-20-21-7-5-4-6-8-21/h4-12,17-18,24-25H,3,13-16,19-20H2,1-2H3,(H,36,39). The lowest BCUT2D eigenvalue weighted by atomic mass is 9.80. The topological polar surface area (TPSA) is 61.9 Å². The number of piperidine rings is 1. The highest BCUT2D eigenvalue weighted by molar-refractivity contribution is 6.42. The number of carbonyl (C=O) groups excluding carboxylic acids is 2. The summed E-state index contributed by atoms with van der Waals surface area (Å²) < 4.78 is 20.3. The first-order valence-corrected chi connectivity index (χ1v) is 14.7. The largest absolute Gasteiger partial charge is 0.437 e. The van der Waals surface area contributed by atoms with E-state index in [-0.39, 0.29) is 17.8 Å². The van der Waals surface area contributed by atoms with Crippen molar-refractivity contribution in [1.29, 1.82) is 0 Å². The molecule has 2 heterocycles. The van der Waals surface area contributed by atoms with E-state index in [0.29, 0.717) is 60.2 Å². The van der Waals surface area contributed by atoms with Crippen molar-refractivity contribution >= 4 is 40.9 Å². The maximum atomic E-state index is 14.3. The molecule has 3 aromatic rings. The Morgan fingerprint density at radius 3 is 2.46 bits per heavy atom. The SMILES string of the molecule is CCC(CC(C(=O)NCc1ccccc1)c1ccc(Cl)c(Cl)c1)N1CCC2(CC1)OC(=O)N(C)c1ccc(F)cc12. The number of likely N-dealkylation sites (tertiary alicyclic amines) is 1. The number of anilines is 1. The van der Waals surface area contributed by atoms with Gasteiger partial charge >= 0.3 is 6.09 Å². The minimum atomic E-state index is -0.869. The molecule has 2 aliphatic heterocycles. The molecule has 2 amide bonds. The van der Waals surface area contributed by atoms with Crippen molar-refractivity contribution in [2.24, 2.45) is 0 Å². The molecular formula is C32H34Cl2FN3O3. The number of halogens is 3. The molecule has 1 saturated heterocycles. The number of benzene rings is 3. The molecule has 0 aliphatic carbocycles. The van der Waals surface area contributed by atoms with E-state index >= 15 is 0 Å². The molecule has 0 saturated carbocycles. The molecule has 1 fully saturated rings. The molecule has 216 valence electrons. The molecule has 2 atom stereocenters. The zero-order chi connectivity index (χ0) is 29.1. The monoisotopic (exact) mass is 597 g/mol. The minimum Gasteiger partial charge on any atom is -0.437 e. The summed E-state index contributed by atoms with van der Waals surface area (Å²) in [6, 6.07) is 19.8. The van der Waals surface area contributed by atoms with Crippen LogP contribution < -0.4 is 10.2 Å². The van der Waals surface area contributed by atoms with Gasteiger partial charge in [0.05, 0.1) is 21.7 Å². The molecule has 0 radical (unpaired) electrons. The number of fused-ring (bicyclic) bond motifs is 2. The average Bonchev–Trinajstić information content (AvgIpc) is 2.98. The molecule has 0 bridgehead atoms. The van der Waals surface area contributed by atoms with Gasteiger partial charge in [0.2, 0.25) is 5.91 Å². The van der Waals surface area contributed by atoms with E-state index in [4.69, 9.17) is 27.9 Å². The second-order valence-electron chi connectivity index (χ2n) is 10.8. The highest BCUT2D eigenvalue weighted by Gasteiger charge is 2.47. The molecule has 6 nitrogen and oxygen atoms in total. The fourth-order valence-electron chi connectivity index (χ4n) is 6.05. The van der Waals surface area contributed by atoms with Crippen molar-refractivity contribution in [3.63, 3.8) is 0 Å². The Kier molecular flexibility index (Phi) is 8.88. The van der Waals surface area contributed by atoms with Crippen LogP contribution in [0.25, 0.3) is 0 Å². The summed E-state index contributed by atoms with van der Waals surface area (Å²) in [5.41, 5.74) is 2.35. The van der Waals surface area contributed by atoms with Crippen LogP contribution in [0.5, 0.6) is 0 Å². The predicted molar refractivity (Wildman–Crippen MR) is 160 cm³/mol. The zero-order valence-corrected chi connectivity index (χ0v) is 24.7. The summed E-state index contributed by atoms with van der Waals surface area (Å²) in [4.78, 5) is 30.1. The summed E-state index contributed by atoms with van der Waals surface area (Å²) in [7, 11) is 1.64. The normalized spacial score (nSPS) is 18.0. The zero-order valence-electron chi connectivity index (χ0n) is 23.2. The van der Waals surface area contributed by atoms with Gasteiger partial charge in [-0.25, -0.2) is 9.18 Å². The third-order valence-electron chi connectivity index (χ3n) is 8.44. The van der Waals surface area contributed by atoms with E-state index in [1.807, 2.05) is 36.4 Å². The fourth-order valence-corrected chi connectivity index (χ4v) is 6.36. The highest BCUT2D eigenvalue weighted by atomic mass is 35.5. The maximum Gasteiger partial charge on any atom is 0.414 e. The maximum absolute atomic E-state index is 14.3. The molecular weight excluding hydrogens is 564 g/mol. The van der Waals surface area contributed by atoms with Crippen LogP contribution in [0.2, 0.25) is 10.0 Å². The highest BCUT2D eigenvalue weighted by Crippen LogP contribution is 2.46.